The van der Waals surface area contributed by atoms with Crippen molar-refractivity contribution in [2.24, 2.45) is 10.4 Å². The Morgan fingerprint density at radius 1 is 1.40 bits per heavy atom. The van der Waals surface area contributed by atoms with Crippen LogP contribution in [0.15, 0.2) is 4.99 Å². The zero-order chi connectivity index (χ0) is 13.8. The molecule has 1 spiro atoms. The predicted molar refractivity (Wildman–Crippen MR) is 79.0 cm³/mol. The summed E-state index contributed by atoms with van der Waals surface area (Å²) in [5.41, 5.74) is 0.389. The zero-order valence-corrected chi connectivity index (χ0v) is 12.6. The molecule has 3 fully saturated rings. The topological polar surface area (TPSA) is 46.1 Å². The van der Waals surface area contributed by atoms with Gasteiger partial charge in [0.2, 0.25) is 0 Å². The third-order valence-corrected chi connectivity index (χ3v) is 4.73. The van der Waals surface area contributed by atoms with E-state index in [0.717, 1.165) is 58.4 Å². The van der Waals surface area contributed by atoms with Crippen LogP contribution in [-0.2, 0) is 9.47 Å². The number of nitrogens with zero attached hydrogens (tertiary/aromatic N) is 2. The van der Waals surface area contributed by atoms with Crippen LogP contribution in [-0.4, -0.2) is 63.0 Å². The summed E-state index contributed by atoms with van der Waals surface area (Å²) >= 11 is 0. The first kappa shape index (κ1) is 14.1. The fourth-order valence-electron chi connectivity index (χ4n) is 3.49. The van der Waals surface area contributed by atoms with Gasteiger partial charge in [-0.3, -0.25) is 4.99 Å². The van der Waals surface area contributed by atoms with E-state index in [1.165, 1.54) is 19.3 Å². The van der Waals surface area contributed by atoms with Gasteiger partial charge in [-0.15, -0.1) is 0 Å². The van der Waals surface area contributed by atoms with E-state index in [9.17, 15) is 0 Å². The van der Waals surface area contributed by atoms with Crippen LogP contribution in [0, 0.1) is 5.41 Å². The molecule has 3 rings (SSSR count). The highest BCUT2D eigenvalue weighted by Crippen LogP contribution is 2.38. The van der Waals surface area contributed by atoms with Gasteiger partial charge in [-0.05, 0) is 32.6 Å². The van der Waals surface area contributed by atoms with Crippen molar-refractivity contribution in [1.29, 1.82) is 0 Å². The van der Waals surface area contributed by atoms with E-state index >= 15 is 0 Å². The van der Waals surface area contributed by atoms with Crippen molar-refractivity contribution in [1.82, 2.24) is 10.2 Å². The van der Waals surface area contributed by atoms with Gasteiger partial charge in [0, 0.05) is 38.3 Å². The Hall–Kier alpha value is -0.810. The van der Waals surface area contributed by atoms with E-state index in [1.807, 2.05) is 0 Å². The lowest BCUT2D eigenvalue weighted by atomic mass is 9.87. The van der Waals surface area contributed by atoms with E-state index in [4.69, 9.17) is 14.5 Å². The maximum absolute atomic E-state index is 5.66. The molecule has 2 atom stereocenters. The second-order valence-corrected chi connectivity index (χ2v) is 6.30. The van der Waals surface area contributed by atoms with Crippen LogP contribution in [0.1, 0.15) is 32.6 Å². The summed E-state index contributed by atoms with van der Waals surface area (Å²) in [6.07, 6.45) is 5.10. The SMILES string of the molecule is CCNC(=NCC1CCCO1)N1CCC2(CCOC2)C1. The molecule has 0 amide bonds. The van der Waals surface area contributed by atoms with Crippen molar-refractivity contribution in [3.8, 4) is 0 Å². The van der Waals surface area contributed by atoms with Crippen LogP contribution in [0.3, 0.4) is 0 Å². The van der Waals surface area contributed by atoms with Crippen LogP contribution < -0.4 is 5.32 Å². The van der Waals surface area contributed by atoms with Gasteiger partial charge in [-0.25, -0.2) is 0 Å². The van der Waals surface area contributed by atoms with Crippen molar-refractivity contribution < 1.29 is 9.47 Å². The Morgan fingerprint density at radius 3 is 3.05 bits per heavy atom. The molecule has 0 aromatic rings. The highest BCUT2D eigenvalue weighted by Gasteiger charge is 2.42. The molecule has 20 heavy (non-hydrogen) atoms. The fraction of sp³-hybridized carbons (Fsp3) is 0.933. The molecule has 5 heteroatoms. The molecule has 114 valence electrons. The van der Waals surface area contributed by atoms with Gasteiger partial charge in [-0.1, -0.05) is 0 Å². The molecular weight excluding hydrogens is 254 g/mol. The molecule has 2 unspecified atom stereocenters. The molecule has 0 bridgehead atoms. The van der Waals surface area contributed by atoms with Crippen LogP contribution in [0.5, 0.6) is 0 Å². The molecule has 0 aromatic heterocycles. The number of hydrogen-bond donors (Lipinski definition) is 1. The molecule has 5 nitrogen and oxygen atoms in total. The Bertz CT molecular complexity index is 347. The first-order valence-electron chi connectivity index (χ1n) is 8.04. The van der Waals surface area contributed by atoms with Crippen molar-refractivity contribution in [2.45, 2.75) is 38.7 Å². The van der Waals surface area contributed by atoms with E-state index in [-0.39, 0.29) is 0 Å². The highest BCUT2D eigenvalue weighted by atomic mass is 16.5. The highest BCUT2D eigenvalue weighted by molar-refractivity contribution is 5.80. The van der Waals surface area contributed by atoms with E-state index < -0.39 is 0 Å². The van der Waals surface area contributed by atoms with Gasteiger partial charge in [0.15, 0.2) is 5.96 Å². The minimum Gasteiger partial charge on any atom is -0.381 e. The van der Waals surface area contributed by atoms with Crippen LogP contribution in [0.4, 0.5) is 0 Å². The van der Waals surface area contributed by atoms with Gasteiger partial charge < -0.3 is 19.7 Å². The molecule has 0 radical (unpaired) electrons. The lowest BCUT2D eigenvalue weighted by Gasteiger charge is -2.25. The summed E-state index contributed by atoms with van der Waals surface area (Å²) in [5, 5.41) is 3.43. The average Bonchev–Trinajstić information content (AvgIpc) is 3.18. The molecule has 0 saturated carbocycles. The van der Waals surface area contributed by atoms with Gasteiger partial charge >= 0.3 is 0 Å². The van der Waals surface area contributed by atoms with Gasteiger partial charge in [0.25, 0.3) is 0 Å². The lowest BCUT2D eigenvalue weighted by molar-refractivity contribution is 0.117. The molecule has 3 heterocycles. The molecular formula is C15H27N3O2. The Labute approximate surface area is 121 Å². The van der Waals surface area contributed by atoms with Crippen molar-refractivity contribution in [3.63, 3.8) is 0 Å². The number of hydrogen-bond acceptors (Lipinski definition) is 3. The maximum Gasteiger partial charge on any atom is 0.194 e. The molecule has 0 aromatic carbocycles. The summed E-state index contributed by atoms with van der Waals surface area (Å²) in [6, 6.07) is 0. The monoisotopic (exact) mass is 281 g/mol. The molecule has 3 saturated heterocycles. The van der Waals surface area contributed by atoms with Crippen LogP contribution in [0.2, 0.25) is 0 Å². The number of likely N-dealkylation sites (tertiary alicyclic amines) is 1. The van der Waals surface area contributed by atoms with Crippen molar-refractivity contribution >= 4 is 5.96 Å². The van der Waals surface area contributed by atoms with E-state index in [0.29, 0.717) is 11.5 Å². The second-order valence-electron chi connectivity index (χ2n) is 6.30. The summed E-state index contributed by atoms with van der Waals surface area (Å²) in [6.45, 7) is 8.79. The van der Waals surface area contributed by atoms with Crippen molar-refractivity contribution in [3.05, 3.63) is 0 Å². The standard InChI is InChI=1S/C15H27N3O2/c1-2-16-14(17-10-13-4-3-8-20-13)18-7-5-15(11-18)6-9-19-12-15/h13H,2-12H2,1H3,(H,16,17). The average molecular weight is 281 g/mol. The number of nitrogens with one attached hydrogen (secondary N) is 1. The summed E-state index contributed by atoms with van der Waals surface area (Å²) in [4.78, 5) is 7.21. The van der Waals surface area contributed by atoms with Gasteiger partial charge in [-0.2, -0.15) is 0 Å². The van der Waals surface area contributed by atoms with Gasteiger partial charge in [0.1, 0.15) is 0 Å². The third-order valence-electron chi connectivity index (χ3n) is 4.73. The summed E-state index contributed by atoms with van der Waals surface area (Å²) < 4.78 is 11.3. The third kappa shape index (κ3) is 3.09. The first-order valence-corrected chi connectivity index (χ1v) is 8.04. The quantitative estimate of drug-likeness (QED) is 0.624. The molecule has 3 aliphatic rings. The predicted octanol–water partition coefficient (Wildman–Crippen LogP) is 1.24. The van der Waals surface area contributed by atoms with Crippen LogP contribution >= 0.6 is 0 Å². The van der Waals surface area contributed by atoms with Gasteiger partial charge in [0.05, 0.1) is 19.3 Å². The molecule has 1 N–H and O–H groups in total. The Morgan fingerprint density at radius 2 is 2.35 bits per heavy atom. The summed E-state index contributed by atoms with van der Waals surface area (Å²) in [7, 11) is 0. The minimum atomic E-state index is 0.329. The zero-order valence-electron chi connectivity index (χ0n) is 12.6. The normalized spacial score (nSPS) is 34.4. The maximum atomic E-state index is 5.66. The number of aliphatic imine (C=N–C) groups is 1. The van der Waals surface area contributed by atoms with E-state index in [2.05, 4.69) is 17.1 Å². The Balaban J connectivity index is 1.59. The van der Waals surface area contributed by atoms with Crippen LogP contribution in [0.25, 0.3) is 0 Å². The first-order chi connectivity index (χ1) is 9.81. The van der Waals surface area contributed by atoms with Crippen molar-refractivity contribution in [2.75, 3.05) is 46.0 Å². The minimum absolute atomic E-state index is 0.329. The number of rotatable bonds is 3. The number of ether oxygens (including phenoxy) is 2. The summed E-state index contributed by atoms with van der Waals surface area (Å²) in [5.74, 6) is 1.06. The lowest BCUT2D eigenvalue weighted by Crippen LogP contribution is -2.42. The molecule has 3 aliphatic heterocycles. The molecule has 0 aliphatic carbocycles. The smallest absolute Gasteiger partial charge is 0.194 e. The largest absolute Gasteiger partial charge is 0.381 e. The number of guanidine groups is 1. The Kier molecular flexibility index (Phi) is 4.46. The fourth-order valence-corrected chi connectivity index (χ4v) is 3.49. The second kappa shape index (κ2) is 6.31. The van der Waals surface area contributed by atoms with E-state index in [1.54, 1.807) is 0 Å².